The number of hydrogen-bond acceptors (Lipinski definition) is 4. The number of carbonyl (C=O) groups is 1. The summed E-state index contributed by atoms with van der Waals surface area (Å²) in [7, 11) is 0. The van der Waals surface area contributed by atoms with Gasteiger partial charge in [-0.2, -0.15) is 0 Å². The standard InChI is InChI=1S/C25H31NO3/c1-15-11-17(14-26-13-15)24(28)29-23-8-7-22-21-5-3-16-12-18(27)4-6-19(16)20(21)9-10-25(22,23)2/h4,6,11-12,14,20-23,26-27H,3,5,7-10,13H2,1-2H3/t20-,21-,22+,23?,25+/m1/s1. The number of rotatable bonds is 2. The Hall–Kier alpha value is -2.23. The van der Waals surface area contributed by atoms with Crippen molar-refractivity contribution in [1.29, 1.82) is 0 Å². The molecule has 1 aromatic carbocycles. The second-order valence-corrected chi connectivity index (χ2v) is 9.79. The number of dihydropyridines is 1. The average molecular weight is 394 g/mol. The van der Waals surface area contributed by atoms with Crippen molar-refractivity contribution in [1.82, 2.24) is 5.32 Å². The molecule has 0 radical (unpaired) electrons. The van der Waals surface area contributed by atoms with Crippen molar-refractivity contribution >= 4 is 5.97 Å². The zero-order chi connectivity index (χ0) is 20.2. The summed E-state index contributed by atoms with van der Waals surface area (Å²) in [5.74, 6) is 2.05. The van der Waals surface area contributed by atoms with Crippen LogP contribution in [-0.2, 0) is 16.0 Å². The molecule has 1 heterocycles. The van der Waals surface area contributed by atoms with Gasteiger partial charge < -0.3 is 15.2 Å². The van der Waals surface area contributed by atoms with E-state index in [1.165, 1.54) is 17.5 Å². The fourth-order valence-electron chi connectivity index (χ4n) is 6.71. The van der Waals surface area contributed by atoms with Gasteiger partial charge >= 0.3 is 5.97 Å². The minimum Gasteiger partial charge on any atom is -0.508 e. The summed E-state index contributed by atoms with van der Waals surface area (Å²) in [6, 6.07) is 5.95. The summed E-state index contributed by atoms with van der Waals surface area (Å²) < 4.78 is 6.11. The lowest BCUT2D eigenvalue weighted by atomic mass is 9.55. The number of esters is 1. The van der Waals surface area contributed by atoms with Crippen LogP contribution in [0.25, 0.3) is 0 Å². The largest absolute Gasteiger partial charge is 0.508 e. The van der Waals surface area contributed by atoms with Gasteiger partial charge in [0.25, 0.3) is 0 Å². The molecule has 0 saturated heterocycles. The van der Waals surface area contributed by atoms with Crippen LogP contribution in [0.4, 0.5) is 0 Å². The van der Waals surface area contributed by atoms with Crippen molar-refractivity contribution in [3.8, 4) is 5.75 Å². The minimum atomic E-state index is -0.185. The normalized spacial score (nSPS) is 35.4. The van der Waals surface area contributed by atoms with Gasteiger partial charge in [-0.1, -0.05) is 18.6 Å². The summed E-state index contributed by atoms with van der Waals surface area (Å²) >= 11 is 0. The number of aryl methyl sites for hydroxylation is 1. The number of hydrogen-bond donors (Lipinski definition) is 2. The van der Waals surface area contributed by atoms with E-state index in [1.807, 2.05) is 25.1 Å². The monoisotopic (exact) mass is 393 g/mol. The van der Waals surface area contributed by atoms with Crippen molar-refractivity contribution in [2.75, 3.05) is 6.54 Å². The lowest BCUT2D eigenvalue weighted by Gasteiger charge is -2.50. The van der Waals surface area contributed by atoms with Gasteiger partial charge in [0.1, 0.15) is 11.9 Å². The number of phenolic OH excluding ortho intramolecular Hbond substituents is 1. The first-order valence-electron chi connectivity index (χ1n) is 11.1. The first kappa shape index (κ1) is 18.8. The Kier molecular flexibility index (Phi) is 4.49. The molecule has 0 bridgehead atoms. The van der Waals surface area contributed by atoms with Gasteiger partial charge in [-0.3, -0.25) is 0 Å². The SMILES string of the molecule is CC1=CC(C(=O)OC2CC[C@H]3[C@@H]4CCc5cc(O)ccc5[C@H]4CC[C@]23C)=CNC1. The van der Waals surface area contributed by atoms with E-state index in [0.717, 1.165) is 44.2 Å². The zero-order valence-electron chi connectivity index (χ0n) is 17.4. The van der Waals surface area contributed by atoms with Crippen LogP contribution in [0.2, 0.25) is 0 Å². The number of carbonyl (C=O) groups excluding carboxylic acids is 1. The topological polar surface area (TPSA) is 58.6 Å². The zero-order valence-corrected chi connectivity index (χ0v) is 17.4. The Morgan fingerprint density at radius 3 is 2.93 bits per heavy atom. The number of ether oxygens (including phenoxy) is 1. The molecular weight excluding hydrogens is 362 g/mol. The molecule has 1 aliphatic heterocycles. The van der Waals surface area contributed by atoms with Crippen molar-refractivity contribution in [2.24, 2.45) is 17.3 Å². The molecule has 5 atom stereocenters. The molecule has 1 aromatic rings. The van der Waals surface area contributed by atoms with Gasteiger partial charge in [0.2, 0.25) is 0 Å². The van der Waals surface area contributed by atoms with Crippen LogP contribution >= 0.6 is 0 Å². The molecule has 29 heavy (non-hydrogen) atoms. The summed E-state index contributed by atoms with van der Waals surface area (Å²) in [6.45, 7) is 5.18. The predicted octanol–water partition coefficient (Wildman–Crippen LogP) is 4.59. The molecule has 4 heteroatoms. The second-order valence-electron chi connectivity index (χ2n) is 9.79. The Bertz CT molecular complexity index is 901. The van der Waals surface area contributed by atoms with E-state index in [4.69, 9.17) is 4.74 Å². The molecule has 4 aliphatic rings. The van der Waals surface area contributed by atoms with Crippen molar-refractivity contribution < 1.29 is 14.6 Å². The number of aromatic hydroxyl groups is 1. The lowest BCUT2D eigenvalue weighted by molar-refractivity contribution is -0.152. The fraction of sp³-hybridized carbons (Fsp3) is 0.560. The molecule has 3 aliphatic carbocycles. The smallest absolute Gasteiger partial charge is 0.339 e. The third kappa shape index (κ3) is 3.08. The van der Waals surface area contributed by atoms with Crippen molar-refractivity contribution in [3.05, 3.63) is 52.7 Å². The summed E-state index contributed by atoms with van der Waals surface area (Å²) in [5.41, 5.74) is 4.64. The maximum absolute atomic E-state index is 12.8. The summed E-state index contributed by atoms with van der Waals surface area (Å²) in [4.78, 5) is 12.8. The van der Waals surface area contributed by atoms with Crippen LogP contribution < -0.4 is 5.32 Å². The Balaban J connectivity index is 1.35. The first-order valence-corrected chi connectivity index (χ1v) is 11.1. The van der Waals surface area contributed by atoms with Crippen molar-refractivity contribution in [2.45, 2.75) is 64.4 Å². The highest BCUT2D eigenvalue weighted by atomic mass is 16.5. The van der Waals surface area contributed by atoms with E-state index in [-0.39, 0.29) is 17.5 Å². The number of fused-ring (bicyclic) bond motifs is 5. The van der Waals surface area contributed by atoms with Gasteiger partial charge in [-0.25, -0.2) is 4.79 Å². The van der Waals surface area contributed by atoms with E-state index in [0.29, 0.717) is 29.1 Å². The number of benzene rings is 1. The molecule has 2 fully saturated rings. The molecule has 5 rings (SSSR count). The Morgan fingerprint density at radius 1 is 1.24 bits per heavy atom. The molecule has 2 N–H and O–H groups in total. The minimum absolute atomic E-state index is 0.0127. The van der Waals surface area contributed by atoms with Crippen LogP contribution in [0.5, 0.6) is 5.75 Å². The summed E-state index contributed by atoms with van der Waals surface area (Å²) in [6.07, 6.45) is 10.3. The molecule has 0 spiro atoms. The van der Waals surface area contributed by atoms with Gasteiger partial charge in [0.15, 0.2) is 0 Å². The molecule has 2 saturated carbocycles. The quantitative estimate of drug-likeness (QED) is 0.722. The number of phenols is 1. The maximum atomic E-state index is 12.8. The second kappa shape index (κ2) is 6.93. The summed E-state index contributed by atoms with van der Waals surface area (Å²) in [5, 5.41) is 13.0. The Morgan fingerprint density at radius 2 is 2.10 bits per heavy atom. The van der Waals surface area contributed by atoms with Gasteiger partial charge in [0, 0.05) is 18.2 Å². The van der Waals surface area contributed by atoms with Crippen LogP contribution in [0.15, 0.2) is 41.6 Å². The third-order valence-electron chi connectivity index (χ3n) is 8.15. The van der Waals surface area contributed by atoms with Gasteiger partial charge in [-0.15, -0.1) is 0 Å². The van der Waals surface area contributed by atoms with Crippen LogP contribution in [0.3, 0.4) is 0 Å². The molecular formula is C25H31NO3. The molecule has 0 amide bonds. The molecule has 154 valence electrons. The van der Waals surface area contributed by atoms with Crippen molar-refractivity contribution in [3.63, 3.8) is 0 Å². The first-order chi connectivity index (χ1) is 14.0. The van der Waals surface area contributed by atoms with Crippen LogP contribution in [0, 0.1) is 17.3 Å². The number of nitrogens with one attached hydrogen (secondary N) is 1. The van der Waals surface area contributed by atoms with Crippen LogP contribution in [-0.4, -0.2) is 23.7 Å². The van der Waals surface area contributed by atoms with E-state index in [2.05, 4.69) is 18.3 Å². The highest BCUT2D eigenvalue weighted by molar-refractivity contribution is 5.92. The van der Waals surface area contributed by atoms with Crippen LogP contribution in [0.1, 0.15) is 63.0 Å². The third-order valence-corrected chi connectivity index (χ3v) is 8.15. The van der Waals surface area contributed by atoms with E-state index in [9.17, 15) is 9.90 Å². The van der Waals surface area contributed by atoms with E-state index in [1.54, 1.807) is 6.20 Å². The van der Waals surface area contributed by atoms with Gasteiger partial charge in [-0.05, 0) is 92.5 Å². The predicted molar refractivity (Wildman–Crippen MR) is 112 cm³/mol. The molecule has 1 unspecified atom stereocenters. The highest BCUT2D eigenvalue weighted by Gasteiger charge is 2.56. The fourth-order valence-corrected chi connectivity index (χ4v) is 6.71. The highest BCUT2D eigenvalue weighted by Crippen LogP contribution is 2.61. The van der Waals surface area contributed by atoms with E-state index >= 15 is 0 Å². The molecule has 0 aromatic heterocycles. The molecule has 4 nitrogen and oxygen atoms in total. The lowest BCUT2D eigenvalue weighted by Crippen LogP contribution is -2.45. The average Bonchev–Trinajstić information content (AvgIpc) is 3.04. The van der Waals surface area contributed by atoms with Gasteiger partial charge in [0.05, 0.1) is 5.57 Å². The van der Waals surface area contributed by atoms with E-state index < -0.39 is 0 Å². The maximum Gasteiger partial charge on any atom is 0.339 e. The Labute approximate surface area is 173 Å².